The fraction of sp³-hybridized carbons (Fsp3) is 0.455. The second-order valence-electron chi connectivity index (χ2n) is 7.91. The molecule has 152 valence electrons. The highest BCUT2D eigenvalue weighted by Gasteiger charge is 2.29. The van der Waals surface area contributed by atoms with Gasteiger partial charge < -0.3 is 15.1 Å². The summed E-state index contributed by atoms with van der Waals surface area (Å²) >= 11 is 0. The van der Waals surface area contributed by atoms with Crippen molar-refractivity contribution in [2.24, 2.45) is 5.92 Å². The number of aromatic nitrogens is 2. The lowest BCUT2D eigenvalue weighted by molar-refractivity contribution is -0.129. The molecule has 2 aromatic rings. The Hall–Kier alpha value is -2.96. The monoisotopic (exact) mass is 393 g/mol. The Kier molecular flexibility index (Phi) is 5.74. The van der Waals surface area contributed by atoms with Crippen molar-refractivity contribution in [3.05, 3.63) is 48.2 Å². The Morgan fingerprint density at radius 1 is 1.03 bits per heavy atom. The SMILES string of the molecule is CC(=O)N1CCC(c2ccc(NC(=O)[C@H]3CCN(c4cccnn4)C3)cc2)CC1. The highest BCUT2D eigenvalue weighted by atomic mass is 16.2. The van der Waals surface area contributed by atoms with Crippen LogP contribution in [0.15, 0.2) is 42.6 Å². The van der Waals surface area contributed by atoms with Crippen LogP contribution in [0.2, 0.25) is 0 Å². The van der Waals surface area contributed by atoms with Crippen molar-refractivity contribution in [3.63, 3.8) is 0 Å². The van der Waals surface area contributed by atoms with Crippen molar-refractivity contribution in [1.29, 1.82) is 0 Å². The first-order valence-electron chi connectivity index (χ1n) is 10.3. The average molecular weight is 393 g/mol. The van der Waals surface area contributed by atoms with Crippen LogP contribution in [0, 0.1) is 5.92 Å². The topological polar surface area (TPSA) is 78.4 Å². The van der Waals surface area contributed by atoms with Crippen molar-refractivity contribution < 1.29 is 9.59 Å². The third-order valence-corrected chi connectivity index (χ3v) is 6.03. The average Bonchev–Trinajstić information content (AvgIpc) is 3.26. The molecule has 0 unspecified atom stereocenters. The number of anilines is 2. The Morgan fingerprint density at radius 2 is 1.79 bits per heavy atom. The largest absolute Gasteiger partial charge is 0.354 e. The first kappa shape index (κ1) is 19.4. The fourth-order valence-corrected chi connectivity index (χ4v) is 4.26. The zero-order valence-corrected chi connectivity index (χ0v) is 16.8. The first-order chi connectivity index (χ1) is 14.1. The van der Waals surface area contributed by atoms with Gasteiger partial charge in [-0.3, -0.25) is 9.59 Å². The molecule has 2 aliphatic rings. The molecule has 2 fully saturated rings. The summed E-state index contributed by atoms with van der Waals surface area (Å²) in [5.41, 5.74) is 2.11. The number of carbonyl (C=O) groups is 2. The number of hydrogen-bond acceptors (Lipinski definition) is 5. The maximum absolute atomic E-state index is 12.7. The van der Waals surface area contributed by atoms with E-state index in [9.17, 15) is 9.59 Å². The number of likely N-dealkylation sites (tertiary alicyclic amines) is 1. The molecule has 0 radical (unpaired) electrons. The van der Waals surface area contributed by atoms with Crippen LogP contribution >= 0.6 is 0 Å². The van der Waals surface area contributed by atoms with Gasteiger partial charge in [-0.05, 0) is 55.0 Å². The minimum absolute atomic E-state index is 0.0485. The number of hydrogen-bond donors (Lipinski definition) is 1. The molecule has 1 aromatic carbocycles. The van der Waals surface area contributed by atoms with Crippen LogP contribution in [0.4, 0.5) is 11.5 Å². The zero-order chi connectivity index (χ0) is 20.2. The molecule has 0 spiro atoms. The summed E-state index contributed by atoms with van der Waals surface area (Å²) in [4.78, 5) is 28.2. The maximum Gasteiger partial charge on any atom is 0.229 e. The Bertz CT molecular complexity index is 847. The highest BCUT2D eigenvalue weighted by molar-refractivity contribution is 5.93. The van der Waals surface area contributed by atoms with Gasteiger partial charge in [0.2, 0.25) is 11.8 Å². The van der Waals surface area contributed by atoms with E-state index in [4.69, 9.17) is 0 Å². The van der Waals surface area contributed by atoms with Gasteiger partial charge in [-0.2, -0.15) is 5.10 Å². The number of piperidine rings is 1. The van der Waals surface area contributed by atoms with Gasteiger partial charge in [-0.15, -0.1) is 5.10 Å². The quantitative estimate of drug-likeness (QED) is 0.864. The van der Waals surface area contributed by atoms with E-state index >= 15 is 0 Å². The Labute approximate surface area is 171 Å². The number of rotatable bonds is 4. The maximum atomic E-state index is 12.7. The van der Waals surface area contributed by atoms with Gasteiger partial charge >= 0.3 is 0 Å². The lowest BCUT2D eigenvalue weighted by Gasteiger charge is -2.31. The molecule has 29 heavy (non-hydrogen) atoms. The molecule has 1 aromatic heterocycles. The Balaban J connectivity index is 1.30. The van der Waals surface area contributed by atoms with E-state index < -0.39 is 0 Å². The van der Waals surface area contributed by atoms with Gasteiger partial charge in [0.1, 0.15) is 0 Å². The van der Waals surface area contributed by atoms with Gasteiger partial charge in [-0.25, -0.2) is 0 Å². The molecule has 1 atom stereocenters. The molecular weight excluding hydrogens is 366 g/mol. The summed E-state index contributed by atoms with van der Waals surface area (Å²) in [6.45, 7) is 4.76. The lowest BCUT2D eigenvalue weighted by Crippen LogP contribution is -2.36. The van der Waals surface area contributed by atoms with Crippen LogP contribution < -0.4 is 10.2 Å². The molecule has 0 bridgehead atoms. The molecule has 2 amide bonds. The summed E-state index contributed by atoms with van der Waals surface area (Å²) in [6.07, 6.45) is 4.45. The van der Waals surface area contributed by atoms with Crippen LogP contribution in [0.5, 0.6) is 0 Å². The van der Waals surface area contributed by atoms with E-state index in [1.807, 2.05) is 29.2 Å². The molecule has 4 rings (SSSR count). The van der Waals surface area contributed by atoms with E-state index in [1.54, 1.807) is 13.1 Å². The number of carbonyl (C=O) groups excluding carboxylic acids is 2. The molecule has 3 heterocycles. The molecular formula is C22H27N5O2. The van der Waals surface area contributed by atoms with Crippen LogP contribution in [-0.2, 0) is 9.59 Å². The number of benzene rings is 1. The van der Waals surface area contributed by atoms with E-state index in [0.29, 0.717) is 12.5 Å². The number of amides is 2. The third kappa shape index (κ3) is 4.55. The van der Waals surface area contributed by atoms with Crippen LogP contribution in [0.1, 0.15) is 37.7 Å². The smallest absolute Gasteiger partial charge is 0.229 e. The van der Waals surface area contributed by atoms with Crippen LogP contribution in [-0.4, -0.2) is 53.1 Å². The number of nitrogens with one attached hydrogen (secondary N) is 1. The van der Waals surface area contributed by atoms with E-state index in [-0.39, 0.29) is 17.7 Å². The van der Waals surface area contributed by atoms with E-state index in [1.165, 1.54) is 5.56 Å². The predicted octanol–water partition coefficient (Wildman–Crippen LogP) is 2.67. The second-order valence-corrected chi connectivity index (χ2v) is 7.91. The van der Waals surface area contributed by atoms with E-state index in [2.05, 4.69) is 32.5 Å². The molecule has 2 saturated heterocycles. The van der Waals surface area contributed by atoms with Gasteiger partial charge in [0.15, 0.2) is 5.82 Å². The number of nitrogens with zero attached hydrogens (tertiary/aromatic N) is 4. The van der Waals surface area contributed by atoms with E-state index in [0.717, 1.165) is 50.4 Å². The molecule has 1 N–H and O–H groups in total. The molecule has 0 saturated carbocycles. The van der Waals surface area contributed by atoms with Gasteiger partial charge in [0.25, 0.3) is 0 Å². The summed E-state index contributed by atoms with van der Waals surface area (Å²) < 4.78 is 0. The molecule has 7 heteroatoms. The van der Waals surface area contributed by atoms with Crippen molar-refractivity contribution in [1.82, 2.24) is 15.1 Å². The fourth-order valence-electron chi connectivity index (χ4n) is 4.26. The van der Waals surface area contributed by atoms with Crippen molar-refractivity contribution in [2.45, 2.75) is 32.1 Å². The van der Waals surface area contributed by atoms with Gasteiger partial charge in [0.05, 0.1) is 5.92 Å². The van der Waals surface area contributed by atoms with Crippen molar-refractivity contribution >= 4 is 23.3 Å². The summed E-state index contributed by atoms with van der Waals surface area (Å²) in [7, 11) is 0. The minimum Gasteiger partial charge on any atom is -0.354 e. The highest BCUT2D eigenvalue weighted by Crippen LogP contribution is 2.29. The zero-order valence-electron chi connectivity index (χ0n) is 16.8. The van der Waals surface area contributed by atoms with Crippen molar-refractivity contribution in [3.8, 4) is 0 Å². The van der Waals surface area contributed by atoms with Crippen LogP contribution in [0.25, 0.3) is 0 Å². The molecule has 7 nitrogen and oxygen atoms in total. The third-order valence-electron chi connectivity index (χ3n) is 6.03. The summed E-state index contributed by atoms with van der Waals surface area (Å²) in [5.74, 6) is 1.46. The standard InChI is InChI=1S/C22H27N5O2/c1-16(28)26-12-8-18(9-13-26)17-4-6-20(7-5-17)24-22(29)19-10-14-27(15-19)21-3-2-11-23-25-21/h2-7,11,18-19H,8-10,12-15H2,1H3,(H,24,29)/t19-/m0/s1. The van der Waals surface area contributed by atoms with Crippen molar-refractivity contribution in [2.75, 3.05) is 36.4 Å². The Morgan fingerprint density at radius 3 is 2.45 bits per heavy atom. The van der Waals surface area contributed by atoms with Gasteiger partial charge in [0, 0.05) is 45.0 Å². The van der Waals surface area contributed by atoms with Crippen LogP contribution in [0.3, 0.4) is 0 Å². The molecule has 0 aliphatic carbocycles. The summed E-state index contributed by atoms with van der Waals surface area (Å²) in [6, 6.07) is 12.0. The summed E-state index contributed by atoms with van der Waals surface area (Å²) in [5, 5.41) is 11.1. The lowest BCUT2D eigenvalue weighted by atomic mass is 9.89. The molecule has 2 aliphatic heterocycles. The minimum atomic E-state index is -0.0485. The van der Waals surface area contributed by atoms with Gasteiger partial charge in [-0.1, -0.05) is 12.1 Å². The predicted molar refractivity (Wildman–Crippen MR) is 112 cm³/mol. The first-order valence-corrected chi connectivity index (χ1v) is 10.3. The normalized spacial score (nSPS) is 20.0. The second kappa shape index (κ2) is 8.59.